The molecule has 0 bridgehead atoms. The predicted octanol–water partition coefficient (Wildman–Crippen LogP) is 4.75. The molecule has 1 aromatic carbocycles. The van der Waals surface area contributed by atoms with Crippen LogP contribution in [0.4, 0.5) is 0 Å². The van der Waals surface area contributed by atoms with Gasteiger partial charge in [-0.05, 0) is 68.5 Å². The molecule has 0 amide bonds. The minimum Gasteiger partial charge on any atom is -0.300 e. The first-order valence-corrected chi connectivity index (χ1v) is 9.38. The van der Waals surface area contributed by atoms with Gasteiger partial charge in [0.05, 0.1) is 0 Å². The van der Waals surface area contributed by atoms with E-state index in [1.54, 1.807) is 11.1 Å². The third-order valence-electron chi connectivity index (χ3n) is 5.12. The second kappa shape index (κ2) is 7.09. The normalized spacial score (nSPS) is 26.6. The van der Waals surface area contributed by atoms with Crippen LogP contribution in [0.5, 0.6) is 0 Å². The Morgan fingerprint density at radius 2 is 2.05 bits per heavy atom. The fraction of sp³-hybridized carbons (Fsp3) is 0.667. The number of halogens is 1. The van der Waals surface area contributed by atoms with Gasteiger partial charge < -0.3 is 0 Å². The van der Waals surface area contributed by atoms with Crippen molar-refractivity contribution >= 4 is 15.9 Å². The lowest BCUT2D eigenvalue weighted by atomic mass is 9.82. The Kier molecular flexibility index (Phi) is 5.17. The quantitative estimate of drug-likeness (QED) is 0.702. The average Bonchev–Trinajstić information content (AvgIpc) is 2.93. The minimum atomic E-state index is 0.782. The van der Waals surface area contributed by atoms with E-state index >= 15 is 0 Å². The molecule has 2 heteroatoms. The summed E-state index contributed by atoms with van der Waals surface area (Å²) in [5, 5.41) is 1.16. The molecule has 1 aliphatic heterocycles. The monoisotopic (exact) mass is 335 g/mol. The molecule has 1 aromatic rings. The van der Waals surface area contributed by atoms with E-state index in [1.165, 1.54) is 58.0 Å². The molecular formula is C18H26BrN. The van der Waals surface area contributed by atoms with Crippen molar-refractivity contribution in [2.45, 2.75) is 56.9 Å². The van der Waals surface area contributed by atoms with E-state index in [-0.39, 0.29) is 0 Å². The van der Waals surface area contributed by atoms with Gasteiger partial charge in [-0.2, -0.15) is 0 Å². The smallest absolute Gasteiger partial charge is 0.00962 e. The van der Waals surface area contributed by atoms with E-state index in [9.17, 15) is 0 Å². The van der Waals surface area contributed by atoms with Gasteiger partial charge in [0.25, 0.3) is 0 Å². The summed E-state index contributed by atoms with van der Waals surface area (Å²) >= 11 is 3.58. The van der Waals surface area contributed by atoms with Crippen LogP contribution in [-0.4, -0.2) is 29.4 Å². The van der Waals surface area contributed by atoms with Gasteiger partial charge >= 0.3 is 0 Å². The van der Waals surface area contributed by atoms with Crippen LogP contribution in [-0.2, 0) is 6.42 Å². The molecule has 0 N–H and O–H groups in total. The van der Waals surface area contributed by atoms with Crippen molar-refractivity contribution in [3.05, 3.63) is 35.4 Å². The molecule has 1 aliphatic carbocycles. The lowest BCUT2D eigenvalue weighted by Crippen LogP contribution is -2.34. The number of aryl methyl sites for hydroxylation is 1. The van der Waals surface area contributed by atoms with Gasteiger partial charge in [0.2, 0.25) is 0 Å². The second-order valence-corrected chi connectivity index (χ2v) is 7.20. The van der Waals surface area contributed by atoms with Crippen LogP contribution in [0.15, 0.2) is 24.3 Å². The van der Waals surface area contributed by atoms with Crippen LogP contribution in [0.2, 0.25) is 0 Å². The summed E-state index contributed by atoms with van der Waals surface area (Å²) in [5.41, 5.74) is 3.25. The number of alkyl halides is 1. The van der Waals surface area contributed by atoms with E-state index in [4.69, 9.17) is 0 Å². The highest BCUT2D eigenvalue weighted by Gasteiger charge is 2.28. The maximum absolute atomic E-state index is 3.58. The first kappa shape index (κ1) is 14.6. The van der Waals surface area contributed by atoms with Crippen LogP contribution in [0, 0.1) is 0 Å². The number of nitrogens with zero attached hydrogens (tertiary/aromatic N) is 1. The third-order valence-corrected chi connectivity index (χ3v) is 5.68. The standard InChI is InChI=1S/C18H26BrN/c19-12-4-9-17-10-5-13-20(17)14-16-8-3-7-15-6-1-2-11-18(15)16/h1-2,6,11,16-17H,3-5,7-10,12-14H2. The van der Waals surface area contributed by atoms with Gasteiger partial charge in [-0.3, -0.25) is 4.90 Å². The summed E-state index contributed by atoms with van der Waals surface area (Å²) in [6.07, 6.45) is 9.57. The number of hydrogen-bond acceptors (Lipinski definition) is 1. The summed E-state index contributed by atoms with van der Waals surface area (Å²) in [7, 11) is 0. The molecule has 1 saturated heterocycles. The number of benzene rings is 1. The number of hydrogen-bond donors (Lipinski definition) is 0. The molecule has 3 rings (SSSR count). The molecule has 0 spiro atoms. The van der Waals surface area contributed by atoms with Crippen LogP contribution in [0.3, 0.4) is 0 Å². The molecule has 1 nitrogen and oxygen atoms in total. The Morgan fingerprint density at radius 3 is 2.95 bits per heavy atom. The van der Waals surface area contributed by atoms with E-state index in [0.717, 1.165) is 17.3 Å². The van der Waals surface area contributed by atoms with Crippen LogP contribution in [0.1, 0.15) is 55.6 Å². The molecule has 1 fully saturated rings. The second-order valence-electron chi connectivity index (χ2n) is 6.41. The fourth-order valence-corrected chi connectivity index (χ4v) is 4.43. The Labute approximate surface area is 131 Å². The minimum absolute atomic E-state index is 0.782. The maximum Gasteiger partial charge on any atom is 0.00962 e. The van der Waals surface area contributed by atoms with Crippen LogP contribution >= 0.6 is 15.9 Å². The van der Waals surface area contributed by atoms with Gasteiger partial charge in [-0.1, -0.05) is 40.2 Å². The summed E-state index contributed by atoms with van der Waals surface area (Å²) in [4.78, 5) is 2.79. The van der Waals surface area contributed by atoms with Crippen molar-refractivity contribution in [2.24, 2.45) is 0 Å². The van der Waals surface area contributed by atoms with E-state index in [1.807, 2.05) is 0 Å². The Hall–Kier alpha value is -0.340. The number of likely N-dealkylation sites (tertiary alicyclic amines) is 1. The topological polar surface area (TPSA) is 3.24 Å². The van der Waals surface area contributed by atoms with E-state index in [2.05, 4.69) is 45.1 Å². The Morgan fingerprint density at radius 1 is 1.15 bits per heavy atom. The molecule has 0 saturated carbocycles. The molecule has 0 radical (unpaired) electrons. The first-order chi connectivity index (χ1) is 9.88. The molecule has 0 aromatic heterocycles. The highest BCUT2D eigenvalue weighted by Crippen LogP contribution is 2.34. The molecule has 20 heavy (non-hydrogen) atoms. The summed E-state index contributed by atoms with van der Waals surface area (Å²) < 4.78 is 0. The lowest BCUT2D eigenvalue weighted by Gasteiger charge is -2.32. The van der Waals surface area contributed by atoms with Crippen molar-refractivity contribution in [1.29, 1.82) is 0 Å². The van der Waals surface area contributed by atoms with Crippen molar-refractivity contribution in [3.8, 4) is 0 Å². The SMILES string of the molecule is BrCCCC1CCCN1CC1CCCc2ccccc21. The number of rotatable bonds is 5. The van der Waals surface area contributed by atoms with Gasteiger partial charge in [0.1, 0.15) is 0 Å². The number of fused-ring (bicyclic) bond motifs is 1. The predicted molar refractivity (Wildman–Crippen MR) is 89.7 cm³/mol. The Balaban J connectivity index is 1.66. The van der Waals surface area contributed by atoms with Crippen molar-refractivity contribution < 1.29 is 0 Å². The maximum atomic E-state index is 3.58. The molecule has 2 unspecified atom stereocenters. The van der Waals surface area contributed by atoms with Gasteiger partial charge in [0, 0.05) is 17.9 Å². The summed E-state index contributed by atoms with van der Waals surface area (Å²) in [5.74, 6) is 0.782. The zero-order chi connectivity index (χ0) is 13.8. The van der Waals surface area contributed by atoms with Gasteiger partial charge in [-0.25, -0.2) is 0 Å². The largest absolute Gasteiger partial charge is 0.300 e. The van der Waals surface area contributed by atoms with Crippen LogP contribution < -0.4 is 0 Å². The van der Waals surface area contributed by atoms with Crippen LogP contribution in [0.25, 0.3) is 0 Å². The van der Waals surface area contributed by atoms with Crippen molar-refractivity contribution in [3.63, 3.8) is 0 Å². The lowest BCUT2D eigenvalue weighted by molar-refractivity contribution is 0.220. The van der Waals surface area contributed by atoms with Crippen molar-refractivity contribution in [1.82, 2.24) is 4.90 Å². The zero-order valence-corrected chi connectivity index (χ0v) is 13.9. The molecule has 2 atom stereocenters. The van der Waals surface area contributed by atoms with E-state index < -0.39 is 0 Å². The third kappa shape index (κ3) is 3.28. The molecular weight excluding hydrogens is 310 g/mol. The zero-order valence-electron chi connectivity index (χ0n) is 12.4. The van der Waals surface area contributed by atoms with E-state index in [0.29, 0.717) is 0 Å². The highest BCUT2D eigenvalue weighted by atomic mass is 79.9. The molecule has 2 aliphatic rings. The molecule has 1 heterocycles. The van der Waals surface area contributed by atoms with Crippen molar-refractivity contribution in [2.75, 3.05) is 18.4 Å². The molecule has 110 valence electrons. The average molecular weight is 336 g/mol. The Bertz CT molecular complexity index is 431. The highest BCUT2D eigenvalue weighted by molar-refractivity contribution is 9.09. The summed E-state index contributed by atoms with van der Waals surface area (Å²) in [6.45, 7) is 2.62. The van der Waals surface area contributed by atoms with Gasteiger partial charge in [0.15, 0.2) is 0 Å². The first-order valence-electron chi connectivity index (χ1n) is 8.26. The summed E-state index contributed by atoms with van der Waals surface area (Å²) in [6, 6.07) is 10.00. The van der Waals surface area contributed by atoms with Gasteiger partial charge in [-0.15, -0.1) is 0 Å². The fourth-order valence-electron chi connectivity index (χ4n) is 4.10.